The van der Waals surface area contributed by atoms with E-state index in [4.69, 9.17) is 20.4 Å². The standard InChI is InChI=1S/C24H23F4N5O4S.CH2O2/c1-12-17(24(26,27)28)11-30-22(37-18-8-9-19(25)31-14(18)3)20(12)21(34)32-15-6-5-7-16(10-15)38(36)33(4)23(35)13(2)29;2-1-3/h5-11,13H,29H2,1-4H3,(H,32,34);1H,(H,2,3)/t13-,38-;/m1./s1. The van der Waals surface area contributed by atoms with Crippen LogP contribution in [0.5, 0.6) is 11.6 Å². The Labute approximate surface area is 234 Å². The Balaban J connectivity index is 0.00000187. The maximum atomic E-state index is 13.6. The molecule has 2 atom stereocenters. The number of nitrogens with two attached hydrogens (primary N) is 1. The zero-order valence-electron chi connectivity index (χ0n) is 22.0. The fraction of sp³-hybridized carbons (Fsp3) is 0.240. The topological polar surface area (TPSA) is 171 Å². The summed E-state index contributed by atoms with van der Waals surface area (Å²) in [5, 5.41) is 9.34. The first-order valence-electron chi connectivity index (χ1n) is 11.4. The Hall–Kier alpha value is -4.28. The molecule has 16 heteroatoms. The number of likely N-dealkylation sites (N-methyl/N-ethyl adjacent to an activating group) is 1. The third-order valence-corrected chi connectivity index (χ3v) is 6.62. The molecular formula is C25H25F4N5O6S. The molecule has 0 aliphatic carbocycles. The van der Waals surface area contributed by atoms with Gasteiger partial charge in [0.2, 0.25) is 11.8 Å². The number of carbonyl (C=O) groups is 3. The molecule has 0 aliphatic rings. The van der Waals surface area contributed by atoms with Crippen molar-refractivity contribution in [3.8, 4) is 11.6 Å². The number of anilines is 1. The second-order valence-electron chi connectivity index (χ2n) is 8.26. The first kappa shape index (κ1) is 32.9. The number of pyridine rings is 2. The number of aryl methyl sites for hydroxylation is 1. The molecule has 41 heavy (non-hydrogen) atoms. The van der Waals surface area contributed by atoms with Crippen LogP contribution in [-0.2, 0) is 27.1 Å². The Morgan fingerprint density at radius 2 is 1.88 bits per heavy atom. The zero-order valence-corrected chi connectivity index (χ0v) is 22.8. The lowest BCUT2D eigenvalue weighted by molar-refractivity contribution is -0.138. The highest BCUT2D eigenvalue weighted by atomic mass is 32.2. The van der Waals surface area contributed by atoms with Crippen LogP contribution in [0.25, 0.3) is 0 Å². The van der Waals surface area contributed by atoms with Crippen LogP contribution in [-0.4, -0.2) is 55.3 Å². The van der Waals surface area contributed by atoms with Crippen LogP contribution in [0.4, 0.5) is 23.2 Å². The predicted molar refractivity (Wildman–Crippen MR) is 139 cm³/mol. The van der Waals surface area contributed by atoms with Gasteiger partial charge in [-0.2, -0.15) is 21.9 Å². The first-order valence-corrected chi connectivity index (χ1v) is 12.5. The highest BCUT2D eigenvalue weighted by molar-refractivity contribution is 7.89. The molecule has 0 radical (unpaired) electrons. The first-order chi connectivity index (χ1) is 19.1. The molecule has 4 N–H and O–H groups in total. The van der Waals surface area contributed by atoms with E-state index in [0.717, 1.165) is 17.3 Å². The normalized spacial score (nSPS) is 12.3. The third-order valence-electron chi connectivity index (χ3n) is 5.29. The number of ether oxygens (including phenoxy) is 1. The summed E-state index contributed by atoms with van der Waals surface area (Å²) in [6.45, 7) is 3.68. The van der Waals surface area contributed by atoms with Crippen LogP contribution in [0, 0.1) is 19.8 Å². The SMILES string of the molecule is Cc1nc(F)ccc1Oc1ncc(C(F)(F)F)c(C)c1C(=O)Nc1cccc([S@@+]([O-])N(C)C(=O)[C@@H](C)N)c1.O=CO. The van der Waals surface area contributed by atoms with Gasteiger partial charge < -0.3 is 25.4 Å². The summed E-state index contributed by atoms with van der Waals surface area (Å²) < 4.78 is 73.4. The average molecular weight is 600 g/mol. The summed E-state index contributed by atoms with van der Waals surface area (Å²) >= 11 is -1.97. The van der Waals surface area contributed by atoms with Crippen LogP contribution >= 0.6 is 0 Å². The number of carbonyl (C=O) groups excluding carboxylic acids is 2. The van der Waals surface area contributed by atoms with Crippen molar-refractivity contribution < 1.29 is 46.3 Å². The highest BCUT2D eigenvalue weighted by Gasteiger charge is 2.36. The second kappa shape index (κ2) is 13.9. The van der Waals surface area contributed by atoms with Gasteiger partial charge in [0.1, 0.15) is 16.9 Å². The van der Waals surface area contributed by atoms with E-state index < -0.39 is 63.9 Å². The van der Waals surface area contributed by atoms with Gasteiger partial charge in [-0.05, 0) is 50.6 Å². The molecule has 3 aromatic rings. The van der Waals surface area contributed by atoms with Crippen molar-refractivity contribution in [2.24, 2.45) is 5.73 Å². The number of rotatable bonds is 7. The minimum atomic E-state index is -4.81. The lowest BCUT2D eigenvalue weighted by Crippen LogP contribution is -2.42. The summed E-state index contributed by atoms with van der Waals surface area (Å²) in [5.74, 6) is -2.88. The van der Waals surface area contributed by atoms with Crippen LogP contribution in [0.2, 0.25) is 0 Å². The smallest absolute Gasteiger partial charge is 0.418 e. The van der Waals surface area contributed by atoms with E-state index in [0.29, 0.717) is 6.20 Å². The zero-order chi connectivity index (χ0) is 31.1. The number of carboxylic acid groups (broad SMARTS) is 1. The van der Waals surface area contributed by atoms with Crippen molar-refractivity contribution >= 4 is 35.3 Å². The summed E-state index contributed by atoms with van der Waals surface area (Å²) in [5.41, 5.74) is 3.56. The van der Waals surface area contributed by atoms with Gasteiger partial charge >= 0.3 is 6.18 Å². The molecule has 0 spiro atoms. The van der Waals surface area contributed by atoms with Crippen LogP contribution < -0.4 is 15.8 Å². The average Bonchev–Trinajstić information content (AvgIpc) is 2.88. The van der Waals surface area contributed by atoms with Crippen molar-refractivity contribution in [3.63, 3.8) is 0 Å². The number of benzene rings is 1. The van der Waals surface area contributed by atoms with Gasteiger partial charge in [-0.25, -0.2) is 9.97 Å². The summed E-state index contributed by atoms with van der Waals surface area (Å²) in [4.78, 5) is 41.1. The number of alkyl halides is 3. The molecule has 0 saturated carbocycles. The van der Waals surface area contributed by atoms with Gasteiger partial charge in [0.05, 0.1) is 24.3 Å². The molecule has 1 aromatic carbocycles. The number of hydrogen-bond acceptors (Lipinski definition) is 8. The molecule has 2 amide bonds. The summed E-state index contributed by atoms with van der Waals surface area (Å²) in [6.07, 6.45) is -4.28. The maximum Gasteiger partial charge on any atom is 0.418 e. The van der Waals surface area contributed by atoms with E-state index in [9.17, 15) is 31.7 Å². The van der Waals surface area contributed by atoms with Crippen molar-refractivity contribution in [1.82, 2.24) is 14.3 Å². The number of hydrogen-bond donors (Lipinski definition) is 3. The van der Waals surface area contributed by atoms with E-state index in [1.165, 1.54) is 51.2 Å². The monoisotopic (exact) mass is 599 g/mol. The summed E-state index contributed by atoms with van der Waals surface area (Å²) in [6, 6.07) is 6.87. The Kier molecular flexibility index (Phi) is 11.1. The lowest BCUT2D eigenvalue weighted by atomic mass is 10.0. The van der Waals surface area contributed by atoms with Crippen molar-refractivity contribution in [3.05, 3.63) is 70.9 Å². The van der Waals surface area contributed by atoms with Crippen molar-refractivity contribution in [1.29, 1.82) is 0 Å². The fourth-order valence-corrected chi connectivity index (χ4v) is 4.41. The molecule has 3 rings (SSSR count). The van der Waals surface area contributed by atoms with Crippen molar-refractivity contribution in [2.45, 2.75) is 37.9 Å². The fourth-order valence-electron chi connectivity index (χ4n) is 3.34. The van der Waals surface area contributed by atoms with Crippen LogP contribution in [0.3, 0.4) is 0 Å². The van der Waals surface area contributed by atoms with Crippen molar-refractivity contribution in [2.75, 3.05) is 12.4 Å². The Bertz CT molecular complexity index is 1420. The second-order valence-corrected chi connectivity index (χ2v) is 9.77. The molecule has 220 valence electrons. The van der Waals surface area contributed by atoms with E-state index in [1.54, 1.807) is 0 Å². The molecule has 0 bridgehead atoms. The molecule has 0 saturated heterocycles. The van der Waals surface area contributed by atoms with Crippen LogP contribution in [0.15, 0.2) is 47.5 Å². The molecule has 11 nitrogen and oxygen atoms in total. The number of nitrogens with one attached hydrogen (secondary N) is 1. The number of nitrogens with zero attached hydrogens (tertiary/aromatic N) is 3. The van der Waals surface area contributed by atoms with Gasteiger partial charge in [0.25, 0.3) is 18.3 Å². The van der Waals surface area contributed by atoms with Gasteiger partial charge in [-0.1, -0.05) is 6.07 Å². The number of halogens is 4. The number of amides is 2. The Morgan fingerprint density at radius 3 is 2.44 bits per heavy atom. The molecule has 0 fully saturated rings. The molecule has 2 aromatic heterocycles. The molecule has 2 heterocycles. The largest absolute Gasteiger partial charge is 0.588 e. The summed E-state index contributed by atoms with van der Waals surface area (Å²) in [7, 11) is 1.29. The minimum absolute atomic E-state index is 0.0219. The predicted octanol–water partition coefficient (Wildman–Crippen LogP) is 3.82. The minimum Gasteiger partial charge on any atom is -0.588 e. The molecule has 0 unspecified atom stereocenters. The third kappa shape index (κ3) is 8.36. The molecular weight excluding hydrogens is 574 g/mol. The van der Waals surface area contributed by atoms with Gasteiger partial charge in [0, 0.05) is 18.0 Å². The van der Waals surface area contributed by atoms with E-state index in [1.807, 2.05) is 0 Å². The van der Waals surface area contributed by atoms with E-state index >= 15 is 0 Å². The van der Waals surface area contributed by atoms with Gasteiger partial charge in [0.15, 0.2) is 10.6 Å². The number of aromatic nitrogens is 2. The van der Waals surface area contributed by atoms with Gasteiger partial charge in [-0.15, -0.1) is 0 Å². The maximum absolute atomic E-state index is 13.6. The van der Waals surface area contributed by atoms with Gasteiger partial charge in [-0.3, -0.25) is 14.4 Å². The molecule has 0 aliphatic heterocycles. The van der Waals surface area contributed by atoms with E-state index in [-0.39, 0.29) is 28.5 Å². The Morgan fingerprint density at radius 1 is 1.24 bits per heavy atom. The quantitative estimate of drug-likeness (QED) is 0.158. The lowest BCUT2D eigenvalue weighted by Gasteiger charge is -2.21. The van der Waals surface area contributed by atoms with E-state index in [2.05, 4.69) is 15.3 Å². The van der Waals surface area contributed by atoms with Crippen LogP contribution in [0.1, 0.15) is 34.1 Å². The highest BCUT2D eigenvalue weighted by Crippen LogP contribution is 2.37.